The molecule has 0 amide bonds. The zero-order valence-electron chi connectivity index (χ0n) is 23.3. The highest BCUT2D eigenvalue weighted by molar-refractivity contribution is 6.07. The van der Waals surface area contributed by atoms with E-state index in [4.69, 9.17) is 9.72 Å². The maximum atomic E-state index is 6.45. The van der Waals surface area contributed by atoms with Gasteiger partial charge in [0.1, 0.15) is 17.1 Å². The molecule has 198 valence electrons. The molecule has 3 heterocycles. The normalized spacial score (nSPS) is 13.3. The van der Waals surface area contributed by atoms with Crippen molar-refractivity contribution in [2.45, 2.75) is 26.2 Å². The fourth-order valence-corrected chi connectivity index (χ4v) is 5.70. The first-order valence-electron chi connectivity index (χ1n) is 13.7. The van der Waals surface area contributed by atoms with Crippen molar-refractivity contribution in [3.05, 3.63) is 115 Å². The Morgan fingerprint density at radius 3 is 2.23 bits per heavy atom. The lowest BCUT2D eigenvalue weighted by molar-refractivity contribution is 0.482. The molecule has 0 radical (unpaired) electrons. The summed E-state index contributed by atoms with van der Waals surface area (Å²) in [6.45, 7) is 7.57. The Labute approximate surface area is 234 Å². The van der Waals surface area contributed by atoms with E-state index in [2.05, 4.69) is 121 Å². The van der Waals surface area contributed by atoms with Crippen molar-refractivity contribution in [1.29, 1.82) is 0 Å². The van der Waals surface area contributed by atoms with Crippen molar-refractivity contribution < 1.29 is 4.74 Å². The van der Waals surface area contributed by atoms with E-state index < -0.39 is 0 Å². The maximum absolute atomic E-state index is 6.45. The summed E-state index contributed by atoms with van der Waals surface area (Å²) in [5.74, 6) is 1.59. The van der Waals surface area contributed by atoms with Crippen LogP contribution in [0.2, 0.25) is 0 Å². The first-order valence-corrected chi connectivity index (χ1v) is 13.7. The van der Waals surface area contributed by atoms with E-state index in [1.807, 2.05) is 30.5 Å². The number of para-hydroxylation sites is 1. The standard InChI is InChI=1S/C35H32N4O/c1-35(2,3)24-17-18-32-33(20-24)37(4)23-38(32)25-10-7-12-27(21-25)40-28-13-8-11-26(22-28)39-31-16-6-5-14-29(31)30-15-9-19-36-34(30)39/h5-22H,23H2,1-4H3. The quantitative estimate of drug-likeness (QED) is 0.231. The monoisotopic (exact) mass is 524 g/mol. The van der Waals surface area contributed by atoms with E-state index >= 15 is 0 Å². The van der Waals surface area contributed by atoms with Crippen LogP contribution in [-0.4, -0.2) is 23.3 Å². The number of benzene rings is 4. The summed E-state index contributed by atoms with van der Waals surface area (Å²) < 4.78 is 8.65. The van der Waals surface area contributed by atoms with E-state index in [9.17, 15) is 0 Å². The molecule has 0 atom stereocenters. The number of ether oxygens (including phenoxy) is 1. The lowest BCUT2D eigenvalue weighted by atomic mass is 9.86. The molecule has 0 bridgehead atoms. The summed E-state index contributed by atoms with van der Waals surface area (Å²) in [6, 6.07) is 36.0. The molecule has 6 aromatic rings. The van der Waals surface area contributed by atoms with Gasteiger partial charge in [0.05, 0.1) is 29.2 Å². The smallest absolute Gasteiger partial charge is 0.145 e. The number of hydrogen-bond acceptors (Lipinski definition) is 4. The number of rotatable bonds is 4. The van der Waals surface area contributed by atoms with Crippen LogP contribution in [0.4, 0.5) is 17.1 Å². The minimum absolute atomic E-state index is 0.112. The highest BCUT2D eigenvalue weighted by atomic mass is 16.5. The summed E-state index contributed by atoms with van der Waals surface area (Å²) in [7, 11) is 2.15. The maximum Gasteiger partial charge on any atom is 0.145 e. The zero-order valence-corrected chi connectivity index (χ0v) is 23.3. The topological polar surface area (TPSA) is 33.5 Å². The van der Waals surface area contributed by atoms with Crippen molar-refractivity contribution >= 4 is 39.0 Å². The molecule has 0 saturated carbocycles. The van der Waals surface area contributed by atoms with Crippen molar-refractivity contribution in [3.8, 4) is 17.2 Å². The van der Waals surface area contributed by atoms with Crippen molar-refractivity contribution in [3.63, 3.8) is 0 Å². The highest BCUT2D eigenvalue weighted by Crippen LogP contribution is 2.43. The van der Waals surface area contributed by atoms with E-state index in [-0.39, 0.29) is 5.41 Å². The average Bonchev–Trinajstić information content (AvgIpc) is 3.47. The second-order valence-electron chi connectivity index (χ2n) is 11.5. The van der Waals surface area contributed by atoms with Crippen LogP contribution >= 0.6 is 0 Å². The predicted octanol–water partition coefficient (Wildman–Crippen LogP) is 8.81. The van der Waals surface area contributed by atoms with Gasteiger partial charge in [-0.2, -0.15) is 0 Å². The number of fused-ring (bicyclic) bond motifs is 4. The molecule has 2 aromatic heterocycles. The molecule has 0 saturated heterocycles. The summed E-state index contributed by atoms with van der Waals surface area (Å²) in [5.41, 5.74) is 8.12. The van der Waals surface area contributed by atoms with Crippen LogP contribution in [0, 0.1) is 0 Å². The lowest BCUT2D eigenvalue weighted by Gasteiger charge is -2.22. The summed E-state index contributed by atoms with van der Waals surface area (Å²) in [6.07, 6.45) is 1.85. The Balaban J connectivity index is 1.22. The number of pyridine rings is 1. The third-order valence-corrected chi connectivity index (χ3v) is 7.77. The molecule has 1 aliphatic rings. The van der Waals surface area contributed by atoms with Crippen LogP contribution in [0.1, 0.15) is 26.3 Å². The van der Waals surface area contributed by atoms with Crippen molar-refractivity contribution in [2.75, 3.05) is 23.5 Å². The van der Waals surface area contributed by atoms with Gasteiger partial charge in [-0.05, 0) is 65.6 Å². The fourth-order valence-electron chi connectivity index (χ4n) is 5.70. The Morgan fingerprint density at radius 2 is 1.43 bits per heavy atom. The Kier molecular flexibility index (Phi) is 5.56. The van der Waals surface area contributed by atoms with E-state index in [1.165, 1.54) is 22.3 Å². The van der Waals surface area contributed by atoms with Gasteiger partial charge in [0.2, 0.25) is 0 Å². The predicted molar refractivity (Wildman–Crippen MR) is 166 cm³/mol. The minimum atomic E-state index is 0.112. The molecular formula is C35H32N4O. The van der Waals surface area contributed by atoms with Gasteiger partial charge in [0.25, 0.3) is 0 Å². The first kappa shape index (κ1) is 24.3. The van der Waals surface area contributed by atoms with E-state index in [1.54, 1.807) is 0 Å². The van der Waals surface area contributed by atoms with Gasteiger partial charge in [-0.15, -0.1) is 0 Å². The molecule has 1 aliphatic heterocycles. The Hall–Kier alpha value is -4.77. The molecule has 4 aromatic carbocycles. The Bertz CT molecular complexity index is 1830. The summed E-state index contributed by atoms with van der Waals surface area (Å²) >= 11 is 0. The largest absolute Gasteiger partial charge is 0.457 e. The van der Waals surface area contributed by atoms with Gasteiger partial charge in [0, 0.05) is 41.8 Å². The molecule has 0 unspecified atom stereocenters. The fraction of sp³-hybridized carbons (Fsp3) is 0.171. The summed E-state index contributed by atoms with van der Waals surface area (Å²) in [4.78, 5) is 9.37. The van der Waals surface area contributed by atoms with Gasteiger partial charge >= 0.3 is 0 Å². The minimum Gasteiger partial charge on any atom is -0.457 e. The SMILES string of the molecule is CN1CN(c2cccc(Oc3cccc(-n4c5ccccc5c5cccnc54)c3)c2)c2ccc(C(C)(C)C)cc21. The van der Waals surface area contributed by atoms with Crippen molar-refractivity contribution in [1.82, 2.24) is 9.55 Å². The van der Waals surface area contributed by atoms with Gasteiger partial charge in [0.15, 0.2) is 0 Å². The van der Waals surface area contributed by atoms with Gasteiger partial charge < -0.3 is 14.5 Å². The zero-order chi connectivity index (χ0) is 27.4. The highest BCUT2D eigenvalue weighted by Gasteiger charge is 2.27. The third kappa shape index (κ3) is 4.06. The second kappa shape index (κ2) is 9.16. The molecule has 5 heteroatoms. The molecule has 5 nitrogen and oxygen atoms in total. The van der Waals surface area contributed by atoms with Crippen LogP contribution in [0.5, 0.6) is 11.5 Å². The molecule has 0 fully saturated rings. The number of nitrogens with zero attached hydrogens (tertiary/aromatic N) is 4. The van der Waals surface area contributed by atoms with Crippen LogP contribution < -0.4 is 14.5 Å². The van der Waals surface area contributed by atoms with Crippen LogP contribution in [0.25, 0.3) is 27.6 Å². The van der Waals surface area contributed by atoms with Crippen LogP contribution in [0.3, 0.4) is 0 Å². The molecule has 40 heavy (non-hydrogen) atoms. The lowest BCUT2D eigenvalue weighted by Crippen LogP contribution is -2.23. The molecular weight excluding hydrogens is 492 g/mol. The van der Waals surface area contributed by atoms with Crippen LogP contribution in [0.15, 0.2) is 109 Å². The van der Waals surface area contributed by atoms with Gasteiger partial charge in [-0.1, -0.05) is 57.2 Å². The third-order valence-electron chi connectivity index (χ3n) is 7.77. The van der Waals surface area contributed by atoms with E-state index in [0.29, 0.717) is 0 Å². The van der Waals surface area contributed by atoms with E-state index in [0.717, 1.165) is 46.1 Å². The second-order valence-corrected chi connectivity index (χ2v) is 11.5. The van der Waals surface area contributed by atoms with Crippen molar-refractivity contribution in [2.24, 2.45) is 0 Å². The van der Waals surface area contributed by atoms with Crippen LogP contribution in [-0.2, 0) is 5.41 Å². The molecule has 0 spiro atoms. The Morgan fingerprint density at radius 1 is 0.700 bits per heavy atom. The van der Waals surface area contributed by atoms with Gasteiger partial charge in [-0.3, -0.25) is 4.57 Å². The van der Waals surface area contributed by atoms with Gasteiger partial charge in [-0.25, -0.2) is 4.98 Å². The molecule has 7 rings (SSSR count). The number of hydrogen-bond donors (Lipinski definition) is 0. The number of anilines is 3. The number of aromatic nitrogens is 2. The average molecular weight is 525 g/mol. The molecule has 0 aliphatic carbocycles. The molecule has 0 N–H and O–H groups in total. The first-order chi connectivity index (χ1) is 19.4. The summed E-state index contributed by atoms with van der Waals surface area (Å²) in [5, 5.41) is 2.33.